The molecule has 22 heavy (non-hydrogen) atoms. The van der Waals surface area contributed by atoms with Gasteiger partial charge in [-0.15, -0.1) is 11.3 Å². The summed E-state index contributed by atoms with van der Waals surface area (Å²) in [5.41, 5.74) is 1.62. The Morgan fingerprint density at radius 1 is 1.41 bits per heavy atom. The molecule has 0 fully saturated rings. The van der Waals surface area contributed by atoms with E-state index in [-0.39, 0.29) is 17.8 Å². The van der Waals surface area contributed by atoms with E-state index in [0.29, 0.717) is 17.8 Å². The highest BCUT2D eigenvalue weighted by atomic mass is 32.1. The maximum atomic E-state index is 12.9. The van der Waals surface area contributed by atoms with Crippen molar-refractivity contribution in [2.45, 2.75) is 12.5 Å². The van der Waals surface area contributed by atoms with E-state index >= 15 is 0 Å². The van der Waals surface area contributed by atoms with Crippen LogP contribution in [0.5, 0.6) is 0 Å². The normalized spacial score (nSPS) is 17.0. The van der Waals surface area contributed by atoms with Crippen LogP contribution in [0.3, 0.4) is 0 Å². The number of carbonyl (C=O) groups excluding carboxylic acids is 1. The van der Waals surface area contributed by atoms with Crippen LogP contribution in [0.15, 0.2) is 46.9 Å². The fourth-order valence-corrected chi connectivity index (χ4v) is 3.03. The van der Waals surface area contributed by atoms with Crippen molar-refractivity contribution in [3.63, 3.8) is 0 Å². The van der Waals surface area contributed by atoms with Crippen molar-refractivity contribution in [2.75, 3.05) is 13.6 Å². The molecule has 0 saturated carbocycles. The minimum Gasteiger partial charge on any atom is -0.390 e. The van der Waals surface area contributed by atoms with Crippen molar-refractivity contribution >= 4 is 23.0 Å². The van der Waals surface area contributed by atoms with Crippen molar-refractivity contribution in [3.8, 4) is 0 Å². The van der Waals surface area contributed by atoms with Crippen molar-refractivity contribution in [3.05, 3.63) is 58.0 Å². The Bertz CT molecular complexity index is 683. The standard InChI is InChI=1S/C16H15FN2O2S/c1-19(16(20)15-3-2-8-22-15)10-13-9-14(18-21-13)11-4-6-12(17)7-5-11/h2-8,13H,9-10H2,1H3/t13-/m0/s1. The second kappa shape index (κ2) is 6.27. The average Bonchev–Trinajstić information content (AvgIpc) is 3.18. The number of benzene rings is 1. The number of carbonyl (C=O) groups is 1. The molecule has 0 radical (unpaired) electrons. The third-order valence-electron chi connectivity index (χ3n) is 3.47. The van der Waals surface area contributed by atoms with E-state index in [9.17, 15) is 9.18 Å². The highest BCUT2D eigenvalue weighted by Gasteiger charge is 2.25. The van der Waals surface area contributed by atoms with Crippen LogP contribution in [0.4, 0.5) is 4.39 Å². The molecule has 3 rings (SSSR count). The number of thiophene rings is 1. The van der Waals surface area contributed by atoms with Crippen molar-refractivity contribution in [1.29, 1.82) is 0 Å². The highest BCUT2D eigenvalue weighted by molar-refractivity contribution is 7.12. The quantitative estimate of drug-likeness (QED) is 0.869. The number of hydrogen-bond acceptors (Lipinski definition) is 4. The molecule has 1 amide bonds. The van der Waals surface area contributed by atoms with Crippen LogP contribution in [0.2, 0.25) is 0 Å². The molecule has 1 aromatic carbocycles. The maximum absolute atomic E-state index is 12.9. The fourth-order valence-electron chi connectivity index (χ4n) is 2.32. The van der Waals surface area contributed by atoms with Crippen molar-refractivity contribution < 1.29 is 14.0 Å². The molecule has 2 heterocycles. The van der Waals surface area contributed by atoms with Gasteiger partial charge in [-0.1, -0.05) is 23.4 Å². The first-order valence-electron chi connectivity index (χ1n) is 6.91. The van der Waals surface area contributed by atoms with Gasteiger partial charge < -0.3 is 9.74 Å². The largest absolute Gasteiger partial charge is 0.390 e. The van der Waals surface area contributed by atoms with Gasteiger partial charge in [0.15, 0.2) is 6.10 Å². The number of hydrogen-bond donors (Lipinski definition) is 0. The Hall–Kier alpha value is -2.21. The number of rotatable bonds is 4. The summed E-state index contributed by atoms with van der Waals surface area (Å²) < 4.78 is 12.9. The minimum absolute atomic E-state index is 0.0196. The topological polar surface area (TPSA) is 41.9 Å². The van der Waals surface area contributed by atoms with Crippen molar-refractivity contribution in [2.24, 2.45) is 5.16 Å². The molecular weight excluding hydrogens is 303 g/mol. The van der Waals surface area contributed by atoms with Crippen LogP contribution in [0.1, 0.15) is 21.7 Å². The third kappa shape index (κ3) is 3.17. The Morgan fingerprint density at radius 2 is 2.18 bits per heavy atom. The molecule has 0 spiro atoms. The van der Waals surface area contributed by atoms with Crippen LogP contribution < -0.4 is 0 Å². The van der Waals surface area contributed by atoms with E-state index in [0.717, 1.165) is 11.3 Å². The van der Waals surface area contributed by atoms with Crippen LogP contribution in [0, 0.1) is 5.82 Å². The van der Waals surface area contributed by atoms with Gasteiger partial charge in [0.2, 0.25) is 0 Å². The molecule has 1 aromatic heterocycles. The van der Waals surface area contributed by atoms with Crippen LogP contribution >= 0.6 is 11.3 Å². The molecule has 1 atom stereocenters. The van der Waals surface area contributed by atoms with Crippen LogP contribution in [-0.4, -0.2) is 36.2 Å². The van der Waals surface area contributed by atoms with E-state index in [4.69, 9.17) is 4.84 Å². The first-order chi connectivity index (χ1) is 10.6. The van der Waals surface area contributed by atoms with Gasteiger partial charge in [-0.25, -0.2) is 4.39 Å². The Morgan fingerprint density at radius 3 is 2.86 bits per heavy atom. The van der Waals surface area contributed by atoms with Crippen molar-refractivity contribution in [1.82, 2.24) is 4.90 Å². The summed E-state index contributed by atoms with van der Waals surface area (Å²) in [6.45, 7) is 0.463. The molecule has 4 nitrogen and oxygen atoms in total. The first kappa shape index (κ1) is 14.7. The summed E-state index contributed by atoms with van der Waals surface area (Å²) in [7, 11) is 1.75. The van der Waals surface area contributed by atoms with E-state index in [2.05, 4.69) is 5.16 Å². The predicted molar refractivity (Wildman–Crippen MR) is 83.7 cm³/mol. The third-order valence-corrected chi connectivity index (χ3v) is 4.32. The van der Waals surface area contributed by atoms with Gasteiger partial charge in [0.1, 0.15) is 5.82 Å². The monoisotopic (exact) mass is 318 g/mol. The highest BCUT2D eigenvalue weighted by Crippen LogP contribution is 2.19. The molecule has 0 bridgehead atoms. The molecule has 1 aliphatic heterocycles. The second-order valence-electron chi connectivity index (χ2n) is 5.14. The number of amides is 1. The average molecular weight is 318 g/mol. The van der Waals surface area contributed by atoms with Gasteiger partial charge in [0, 0.05) is 13.5 Å². The van der Waals surface area contributed by atoms with Gasteiger partial charge >= 0.3 is 0 Å². The molecular formula is C16H15FN2O2S. The summed E-state index contributed by atoms with van der Waals surface area (Å²) in [5, 5.41) is 5.93. The molecule has 0 aliphatic carbocycles. The number of likely N-dealkylation sites (N-methyl/N-ethyl adjacent to an activating group) is 1. The zero-order valence-corrected chi connectivity index (χ0v) is 12.8. The number of nitrogens with zero attached hydrogens (tertiary/aromatic N) is 2. The molecule has 0 saturated heterocycles. The number of halogens is 1. The minimum atomic E-state index is -0.277. The second-order valence-corrected chi connectivity index (χ2v) is 6.09. The predicted octanol–water partition coefficient (Wildman–Crippen LogP) is 3.15. The van der Waals surface area contributed by atoms with E-state index in [1.54, 1.807) is 30.1 Å². The lowest BCUT2D eigenvalue weighted by Crippen LogP contribution is -2.34. The molecule has 0 unspecified atom stereocenters. The zero-order valence-electron chi connectivity index (χ0n) is 12.0. The van der Waals surface area contributed by atoms with Gasteiger partial charge in [0.05, 0.1) is 17.1 Å². The van der Waals surface area contributed by atoms with Gasteiger partial charge in [-0.2, -0.15) is 0 Å². The summed E-state index contributed by atoms with van der Waals surface area (Å²) in [6, 6.07) is 9.82. The van der Waals surface area contributed by atoms with Gasteiger partial charge in [-0.05, 0) is 29.1 Å². The SMILES string of the molecule is CN(C[C@@H]1CC(c2ccc(F)cc2)=NO1)C(=O)c1cccs1. The first-order valence-corrected chi connectivity index (χ1v) is 7.79. The fraction of sp³-hybridized carbons (Fsp3) is 0.250. The Kier molecular flexibility index (Phi) is 4.20. The maximum Gasteiger partial charge on any atom is 0.263 e. The lowest BCUT2D eigenvalue weighted by molar-refractivity contribution is 0.0485. The zero-order chi connectivity index (χ0) is 15.5. The smallest absolute Gasteiger partial charge is 0.263 e. The Balaban J connectivity index is 1.58. The van der Waals surface area contributed by atoms with E-state index in [1.165, 1.54) is 23.5 Å². The molecule has 114 valence electrons. The van der Waals surface area contributed by atoms with Crippen LogP contribution in [0.25, 0.3) is 0 Å². The molecule has 2 aromatic rings. The lowest BCUT2D eigenvalue weighted by atomic mass is 10.0. The van der Waals surface area contributed by atoms with Gasteiger partial charge in [-0.3, -0.25) is 4.79 Å². The lowest BCUT2D eigenvalue weighted by Gasteiger charge is -2.19. The summed E-state index contributed by atoms with van der Waals surface area (Å²) in [6.07, 6.45) is 0.433. The van der Waals surface area contributed by atoms with E-state index in [1.807, 2.05) is 11.4 Å². The molecule has 0 N–H and O–H groups in total. The number of oxime groups is 1. The summed E-state index contributed by atoms with van der Waals surface area (Å²) in [5.74, 6) is -0.296. The van der Waals surface area contributed by atoms with Crippen LogP contribution in [-0.2, 0) is 4.84 Å². The molecule has 1 aliphatic rings. The Labute approximate surface area is 131 Å². The summed E-state index contributed by atoms with van der Waals surface area (Å²) >= 11 is 1.42. The molecule has 6 heteroatoms. The van der Waals surface area contributed by atoms with Gasteiger partial charge in [0.25, 0.3) is 5.91 Å². The summed E-state index contributed by atoms with van der Waals surface area (Å²) in [4.78, 5) is 19.9. The van der Waals surface area contributed by atoms with E-state index < -0.39 is 0 Å².